The number of benzene rings is 2. The van der Waals surface area contributed by atoms with Gasteiger partial charge in [-0.2, -0.15) is 13.9 Å². The second kappa shape index (κ2) is 7.43. The average molecular weight is 363 g/mol. The highest BCUT2D eigenvalue weighted by atomic mass is 32.2. The molecule has 0 spiro atoms. The molecule has 0 unspecified atom stereocenters. The van der Waals surface area contributed by atoms with Gasteiger partial charge in [0.2, 0.25) is 0 Å². The lowest BCUT2D eigenvalue weighted by molar-refractivity contribution is 0.102. The van der Waals surface area contributed by atoms with Crippen molar-refractivity contribution in [1.82, 2.24) is 9.78 Å². The van der Waals surface area contributed by atoms with Crippen LogP contribution in [-0.2, 0) is 0 Å². The fraction of sp³-hybridized carbons (Fsp3) is 0.0588. The van der Waals surface area contributed by atoms with Crippen molar-refractivity contribution in [3.63, 3.8) is 0 Å². The molecule has 1 amide bonds. The van der Waals surface area contributed by atoms with Crippen LogP contribution < -0.4 is 5.32 Å². The monoisotopic (exact) mass is 363 g/mol. The van der Waals surface area contributed by atoms with Gasteiger partial charge in [0.15, 0.2) is 5.69 Å². The molecule has 0 fully saturated rings. The van der Waals surface area contributed by atoms with Crippen LogP contribution in [0.5, 0.6) is 0 Å². The first-order chi connectivity index (χ1) is 12.0. The minimum atomic E-state index is -2.53. The van der Waals surface area contributed by atoms with Crippen LogP contribution in [0.3, 0.4) is 0 Å². The number of carbonyl (C=O) groups excluding carboxylic acids is 1. The maximum Gasteiger partial charge on any atom is 0.288 e. The van der Waals surface area contributed by atoms with Crippen molar-refractivity contribution in [2.45, 2.75) is 10.7 Å². The molecule has 25 heavy (non-hydrogen) atoms. The number of amides is 1. The van der Waals surface area contributed by atoms with Crippen LogP contribution >= 0.6 is 11.8 Å². The van der Waals surface area contributed by atoms with Gasteiger partial charge < -0.3 is 5.32 Å². The first kappa shape index (κ1) is 17.1. The molecule has 8 heteroatoms. The normalized spacial score (nSPS) is 10.9. The summed E-state index contributed by atoms with van der Waals surface area (Å²) in [5, 5.41) is 6.75. The summed E-state index contributed by atoms with van der Waals surface area (Å²) in [5.74, 6) is -3.37. The summed E-state index contributed by atoms with van der Waals surface area (Å²) in [7, 11) is 0. The Bertz CT molecular complexity index is 881. The van der Waals surface area contributed by atoms with E-state index in [1.165, 1.54) is 47.1 Å². The number of nitrogens with zero attached hydrogens (tertiary/aromatic N) is 2. The Morgan fingerprint density at radius 2 is 1.88 bits per heavy atom. The molecule has 128 valence electrons. The van der Waals surface area contributed by atoms with E-state index in [1.807, 2.05) is 0 Å². The minimum Gasteiger partial charge on any atom is -0.321 e. The molecule has 0 aliphatic rings. The van der Waals surface area contributed by atoms with Crippen molar-refractivity contribution in [2.75, 3.05) is 5.32 Å². The molecular formula is C17H12F3N3OS. The smallest absolute Gasteiger partial charge is 0.288 e. The number of rotatable bonds is 5. The van der Waals surface area contributed by atoms with Crippen molar-refractivity contribution >= 4 is 23.4 Å². The predicted octanol–water partition coefficient (Wildman–Crippen LogP) is 4.58. The SMILES string of the molecule is O=C(Nc1cccc(SC(F)F)c1)c1ccn(-c2ccc(F)cc2)n1. The van der Waals surface area contributed by atoms with Gasteiger partial charge in [0.25, 0.3) is 11.7 Å². The number of hydrogen-bond acceptors (Lipinski definition) is 3. The van der Waals surface area contributed by atoms with Crippen molar-refractivity contribution in [1.29, 1.82) is 0 Å². The van der Waals surface area contributed by atoms with E-state index >= 15 is 0 Å². The van der Waals surface area contributed by atoms with E-state index in [2.05, 4.69) is 10.4 Å². The van der Waals surface area contributed by atoms with E-state index in [-0.39, 0.29) is 11.5 Å². The minimum absolute atomic E-state index is 0.149. The van der Waals surface area contributed by atoms with Crippen molar-refractivity contribution < 1.29 is 18.0 Å². The number of alkyl halides is 2. The third kappa shape index (κ3) is 4.42. The van der Waals surface area contributed by atoms with Crippen LogP contribution in [0.4, 0.5) is 18.9 Å². The number of thioether (sulfide) groups is 1. The third-order valence-electron chi connectivity index (χ3n) is 3.23. The van der Waals surface area contributed by atoms with Gasteiger partial charge in [-0.1, -0.05) is 17.8 Å². The molecule has 0 radical (unpaired) electrons. The van der Waals surface area contributed by atoms with Gasteiger partial charge in [-0.25, -0.2) is 9.07 Å². The number of hydrogen-bond donors (Lipinski definition) is 1. The Kier molecular flexibility index (Phi) is 5.08. The van der Waals surface area contributed by atoms with Crippen LogP contribution in [0.15, 0.2) is 65.7 Å². The number of carbonyl (C=O) groups is 1. The van der Waals surface area contributed by atoms with Gasteiger partial charge in [-0.3, -0.25) is 4.79 Å². The number of aromatic nitrogens is 2. The quantitative estimate of drug-likeness (QED) is 0.675. The summed E-state index contributed by atoms with van der Waals surface area (Å²) in [6.45, 7) is 0. The van der Waals surface area contributed by atoms with E-state index < -0.39 is 11.7 Å². The van der Waals surface area contributed by atoms with Gasteiger partial charge in [0.05, 0.1) is 5.69 Å². The van der Waals surface area contributed by atoms with Gasteiger partial charge in [0, 0.05) is 16.8 Å². The van der Waals surface area contributed by atoms with E-state index in [0.717, 1.165) is 0 Å². The van der Waals surface area contributed by atoms with Gasteiger partial charge in [0.1, 0.15) is 5.82 Å². The molecule has 0 bridgehead atoms. The lowest BCUT2D eigenvalue weighted by Gasteiger charge is -2.06. The topological polar surface area (TPSA) is 46.9 Å². The third-order valence-corrected chi connectivity index (χ3v) is 3.93. The van der Waals surface area contributed by atoms with Crippen LogP contribution in [0.25, 0.3) is 5.69 Å². The molecule has 1 aromatic heterocycles. The first-order valence-corrected chi connectivity index (χ1v) is 8.07. The molecule has 0 saturated carbocycles. The highest BCUT2D eigenvalue weighted by Gasteiger charge is 2.12. The molecule has 0 atom stereocenters. The molecule has 3 rings (SSSR count). The van der Waals surface area contributed by atoms with Gasteiger partial charge in [-0.15, -0.1) is 0 Å². The molecular weight excluding hydrogens is 351 g/mol. The Labute approximate surface area is 145 Å². The molecule has 0 saturated heterocycles. The Morgan fingerprint density at radius 3 is 2.60 bits per heavy atom. The van der Waals surface area contributed by atoms with Crippen LogP contribution in [0.1, 0.15) is 10.5 Å². The molecule has 1 N–H and O–H groups in total. The highest BCUT2D eigenvalue weighted by Crippen LogP contribution is 2.27. The number of nitrogens with one attached hydrogen (secondary N) is 1. The molecule has 4 nitrogen and oxygen atoms in total. The summed E-state index contributed by atoms with van der Waals surface area (Å²) in [6.07, 6.45) is 1.57. The zero-order chi connectivity index (χ0) is 17.8. The summed E-state index contributed by atoms with van der Waals surface area (Å²) >= 11 is 0.403. The van der Waals surface area contributed by atoms with Crippen molar-refractivity contribution in [2.24, 2.45) is 0 Å². The Hall–Kier alpha value is -2.74. The second-order valence-corrected chi connectivity index (χ2v) is 6.05. The van der Waals surface area contributed by atoms with Crippen molar-refractivity contribution in [3.8, 4) is 5.69 Å². The fourth-order valence-corrected chi connectivity index (χ4v) is 2.69. The van der Waals surface area contributed by atoms with E-state index in [1.54, 1.807) is 18.3 Å². The summed E-state index contributed by atoms with van der Waals surface area (Å²) in [4.78, 5) is 12.6. The Balaban J connectivity index is 1.73. The molecule has 0 aliphatic carbocycles. The number of anilines is 1. The Morgan fingerprint density at radius 1 is 1.12 bits per heavy atom. The second-order valence-electron chi connectivity index (χ2n) is 4.98. The zero-order valence-corrected chi connectivity index (χ0v) is 13.5. The van der Waals surface area contributed by atoms with Gasteiger partial charge >= 0.3 is 0 Å². The van der Waals surface area contributed by atoms with E-state index in [0.29, 0.717) is 28.0 Å². The number of halogens is 3. The fourth-order valence-electron chi connectivity index (χ4n) is 2.13. The standard InChI is InChI=1S/C17H12F3N3OS/c18-11-4-6-13(7-5-11)23-9-8-15(22-23)16(24)21-12-2-1-3-14(10-12)25-17(19)20/h1-10,17H,(H,21,24). The molecule has 1 heterocycles. The lowest BCUT2D eigenvalue weighted by atomic mass is 10.3. The van der Waals surface area contributed by atoms with Crippen molar-refractivity contribution in [3.05, 3.63) is 72.3 Å². The zero-order valence-electron chi connectivity index (χ0n) is 12.7. The van der Waals surface area contributed by atoms with E-state index in [9.17, 15) is 18.0 Å². The summed E-state index contributed by atoms with van der Waals surface area (Å²) < 4.78 is 39.2. The largest absolute Gasteiger partial charge is 0.321 e. The lowest BCUT2D eigenvalue weighted by Crippen LogP contribution is -2.13. The maximum absolute atomic E-state index is 12.9. The predicted molar refractivity (Wildman–Crippen MR) is 89.8 cm³/mol. The molecule has 3 aromatic rings. The summed E-state index contributed by atoms with van der Waals surface area (Å²) in [5.41, 5.74) is 1.15. The molecule has 0 aliphatic heterocycles. The van der Waals surface area contributed by atoms with Crippen LogP contribution in [-0.4, -0.2) is 21.4 Å². The van der Waals surface area contributed by atoms with Crippen LogP contribution in [0, 0.1) is 5.82 Å². The first-order valence-electron chi connectivity index (χ1n) is 7.19. The molecule has 2 aromatic carbocycles. The van der Waals surface area contributed by atoms with Gasteiger partial charge in [-0.05, 0) is 48.5 Å². The highest BCUT2D eigenvalue weighted by molar-refractivity contribution is 7.99. The summed E-state index contributed by atoms with van der Waals surface area (Å²) in [6, 6.07) is 13.4. The maximum atomic E-state index is 12.9. The van der Waals surface area contributed by atoms with Crippen LogP contribution in [0.2, 0.25) is 0 Å². The average Bonchev–Trinajstić information content (AvgIpc) is 3.05. The van der Waals surface area contributed by atoms with E-state index in [4.69, 9.17) is 0 Å².